The van der Waals surface area contributed by atoms with Gasteiger partial charge in [-0.1, -0.05) is 12.1 Å². The standard InChI is InChI=1S/C13H14FN3O2S/c1-2-15-13-12(8-5-9-16-13)20(18,19)17-11-7-4-3-6-10(11)14/h3-9,17H,2H2,1H3,(H,15,16). The molecule has 0 aliphatic rings. The maximum Gasteiger partial charge on any atom is 0.265 e. The second-order valence-electron chi connectivity index (χ2n) is 3.97. The van der Waals surface area contributed by atoms with E-state index in [9.17, 15) is 12.8 Å². The van der Waals surface area contributed by atoms with E-state index in [0.717, 1.165) is 0 Å². The van der Waals surface area contributed by atoms with E-state index < -0.39 is 15.8 Å². The van der Waals surface area contributed by atoms with Crippen LogP contribution in [0.2, 0.25) is 0 Å². The highest BCUT2D eigenvalue weighted by Gasteiger charge is 2.20. The smallest absolute Gasteiger partial charge is 0.265 e. The molecule has 0 saturated carbocycles. The summed E-state index contributed by atoms with van der Waals surface area (Å²) in [5.41, 5.74) is -0.0983. The molecule has 2 N–H and O–H groups in total. The molecule has 0 unspecified atom stereocenters. The lowest BCUT2D eigenvalue weighted by Crippen LogP contribution is -2.16. The first-order chi connectivity index (χ1) is 9.54. The first-order valence-electron chi connectivity index (χ1n) is 6.01. The van der Waals surface area contributed by atoms with Crippen molar-refractivity contribution >= 4 is 21.5 Å². The minimum absolute atomic E-state index is 0.0231. The zero-order valence-corrected chi connectivity index (χ0v) is 11.6. The van der Waals surface area contributed by atoms with Crippen molar-refractivity contribution in [3.8, 4) is 0 Å². The maximum absolute atomic E-state index is 13.5. The number of para-hydroxylation sites is 1. The fourth-order valence-electron chi connectivity index (χ4n) is 1.65. The van der Waals surface area contributed by atoms with Gasteiger partial charge in [-0.25, -0.2) is 17.8 Å². The van der Waals surface area contributed by atoms with Crippen LogP contribution >= 0.6 is 0 Å². The van der Waals surface area contributed by atoms with Gasteiger partial charge in [-0.15, -0.1) is 0 Å². The van der Waals surface area contributed by atoms with E-state index in [2.05, 4.69) is 15.0 Å². The molecule has 0 fully saturated rings. The molecule has 0 aliphatic carbocycles. The van der Waals surface area contributed by atoms with Gasteiger partial charge >= 0.3 is 0 Å². The van der Waals surface area contributed by atoms with Gasteiger partial charge in [0.25, 0.3) is 10.0 Å². The van der Waals surface area contributed by atoms with Gasteiger partial charge in [-0.2, -0.15) is 0 Å². The van der Waals surface area contributed by atoms with Gasteiger partial charge in [0.15, 0.2) is 0 Å². The topological polar surface area (TPSA) is 71.1 Å². The monoisotopic (exact) mass is 295 g/mol. The molecule has 2 rings (SSSR count). The number of anilines is 2. The maximum atomic E-state index is 13.5. The number of aromatic nitrogens is 1. The van der Waals surface area contributed by atoms with E-state index in [1.54, 1.807) is 6.07 Å². The third-order valence-electron chi connectivity index (χ3n) is 2.52. The van der Waals surface area contributed by atoms with Gasteiger partial charge in [0.05, 0.1) is 5.69 Å². The van der Waals surface area contributed by atoms with Gasteiger partial charge in [0, 0.05) is 12.7 Å². The van der Waals surface area contributed by atoms with Crippen LogP contribution in [-0.4, -0.2) is 19.9 Å². The summed E-state index contributed by atoms with van der Waals surface area (Å²) in [5, 5.41) is 2.86. The fraction of sp³-hybridized carbons (Fsp3) is 0.154. The number of nitrogens with zero attached hydrogens (tertiary/aromatic N) is 1. The fourth-order valence-corrected chi connectivity index (χ4v) is 2.85. The highest BCUT2D eigenvalue weighted by molar-refractivity contribution is 7.92. The molecule has 7 heteroatoms. The van der Waals surface area contributed by atoms with Crippen LogP contribution in [-0.2, 0) is 10.0 Å². The van der Waals surface area contributed by atoms with E-state index >= 15 is 0 Å². The van der Waals surface area contributed by atoms with Crippen LogP contribution in [0.1, 0.15) is 6.92 Å². The SMILES string of the molecule is CCNc1ncccc1S(=O)(=O)Nc1ccccc1F. The second kappa shape index (κ2) is 5.87. The molecule has 0 radical (unpaired) electrons. The number of sulfonamides is 1. The van der Waals surface area contributed by atoms with Gasteiger partial charge in [0.2, 0.25) is 0 Å². The number of pyridine rings is 1. The number of hydrogen-bond donors (Lipinski definition) is 2. The van der Waals surface area contributed by atoms with Crippen molar-refractivity contribution in [3.05, 3.63) is 48.4 Å². The molecular weight excluding hydrogens is 281 g/mol. The average molecular weight is 295 g/mol. The molecule has 1 aromatic heterocycles. The van der Waals surface area contributed by atoms with Gasteiger partial charge in [0.1, 0.15) is 16.5 Å². The summed E-state index contributed by atoms with van der Waals surface area (Å²) in [5.74, 6) is -0.399. The zero-order valence-electron chi connectivity index (χ0n) is 10.8. The Kier molecular flexibility index (Phi) is 4.19. The Morgan fingerprint density at radius 2 is 1.95 bits per heavy atom. The lowest BCUT2D eigenvalue weighted by Gasteiger charge is -2.12. The first kappa shape index (κ1) is 14.3. The molecule has 0 saturated heterocycles. The largest absolute Gasteiger partial charge is 0.369 e. The Labute approximate surface area is 116 Å². The molecule has 106 valence electrons. The lowest BCUT2D eigenvalue weighted by atomic mass is 10.3. The first-order valence-corrected chi connectivity index (χ1v) is 7.49. The van der Waals surface area contributed by atoms with Crippen molar-refractivity contribution in [1.82, 2.24) is 4.98 Å². The van der Waals surface area contributed by atoms with Gasteiger partial charge in [-0.05, 0) is 31.2 Å². The highest BCUT2D eigenvalue weighted by Crippen LogP contribution is 2.22. The van der Waals surface area contributed by atoms with E-state index in [1.807, 2.05) is 6.92 Å². The van der Waals surface area contributed by atoms with E-state index in [0.29, 0.717) is 6.54 Å². The summed E-state index contributed by atoms with van der Waals surface area (Å²) in [6, 6.07) is 8.50. The van der Waals surface area contributed by atoms with E-state index in [1.165, 1.54) is 36.5 Å². The number of rotatable bonds is 5. The number of halogens is 1. The van der Waals surface area contributed by atoms with Crippen LogP contribution in [0.3, 0.4) is 0 Å². The zero-order chi connectivity index (χ0) is 14.6. The Balaban J connectivity index is 2.39. The summed E-state index contributed by atoms with van der Waals surface area (Å²) < 4.78 is 40.3. The van der Waals surface area contributed by atoms with Crippen LogP contribution in [0, 0.1) is 5.82 Å². The van der Waals surface area contributed by atoms with E-state index in [4.69, 9.17) is 0 Å². The Morgan fingerprint density at radius 3 is 2.65 bits per heavy atom. The second-order valence-corrected chi connectivity index (χ2v) is 5.62. The molecule has 0 spiro atoms. The predicted octanol–water partition coefficient (Wildman–Crippen LogP) is 2.45. The quantitative estimate of drug-likeness (QED) is 0.889. The summed E-state index contributed by atoms with van der Waals surface area (Å²) >= 11 is 0. The van der Waals surface area contributed by atoms with Crippen molar-refractivity contribution in [1.29, 1.82) is 0 Å². The molecule has 5 nitrogen and oxygen atoms in total. The molecule has 20 heavy (non-hydrogen) atoms. The molecule has 0 aliphatic heterocycles. The summed E-state index contributed by atoms with van der Waals surface area (Å²) in [4.78, 5) is 3.95. The number of hydrogen-bond acceptors (Lipinski definition) is 4. The van der Waals surface area contributed by atoms with Crippen LogP contribution in [0.15, 0.2) is 47.5 Å². The average Bonchev–Trinajstić information content (AvgIpc) is 2.42. The molecule has 1 heterocycles. The summed E-state index contributed by atoms with van der Waals surface area (Å²) in [6.45, 7) is 2.36. The third kappa shape index (κ3) is 3.05. The third-order valence-corrected chi connectivity index (χ3v) is 3.92. The molecule has 2 aromatic rings. The van der Waals surface area contributed by atoms with Crippen LogP contribution in [0.5, 0.6) is 0 Å². The normalized spacial score (nSPS) is 11.1. The van der Waals surface area contributed by atoms with Gasteiger partial charge in [-0.3, -0.25) is 4.72 Å². The minimum Gasteiger partial charge on any atom is -0.369 e. The van der Waals surface area contributed by atoms with Crippen molar-refractivity contribution < 1.29 is 12.8 Å². The van der Waals surface area contributed by atoms with Crippen LogP contribution < -0.4 is 10.0 Å². The van der Waals surface area contributed by atoms with Crippen molar-refractivity contribution in [2.45, 2.75) is 11.8 Å². The Bertz CT molecular complexity index is 704. The molecule has 1 aromatic carbocycles. The van der Waals surface area contributed by atoms with Crippen LogP contribution in [0.25, 0.3) is 0 Å². The molecular formula is C13H14FN3O2S. The highest BCUT2D eigenvalue weighted by atomic mass is 32.2. The van der Waals surface area contributed by atoms with Crippen LogP contribution in [0.4, 0.5) is 15.9 Å². The van der Waals surface area contributed by atoms with Gasteiger partial charge < -0.3 is 5.32 Å². The summed E-state index contributed by atoms with van der Waals surface area (Å²) in [7, 11) is -3.90. The number of benzene rings is 1. The van der Waals surface area contributed by atoms with Crippen molar-refractivity contribution in [3.63, 3.8) is 0 Å². The predicted molar refractivity (Wildman–Crippen MR) is 75.6 cm³/mol. The summed E-state index contributed by atoms with van der Waals surface area (Å²) in [6.07, 6.45) is 1.49. The lowest BCUT2D eigenvalue weighted by molar-refractivity contribution is 0.598. The van der Waals surface area contributed by atoms with E-state index in [-0.39, 0.29) is 16.4 Å². The number of nitrogens with one attached hydrogen (secondary N) is 2. The van der Waals surface area contributed by atoms with Crippen molar-refractivity contribution in [2.24, 2.45) is 0 Å². The molecule has 0 atom stereocenters. The Morgan fingerprint density at radius 1 is 1.20 bits per heavy atom. The molecule has 0 bridgehead atoms. The Hall–Kier alpha value is -2.15. The minimum atomic E-state index is -3.90. The molecule has 0 amide bonds. The van der Waals surface area contributed by atoms with Crippen molar-refractivity contribution in [2.75, 3.05) is 16.6 Å².